The molecule has 0 aliphatic heterocycles. The summed E-state index contributed by atoms with van der Waals surface area (Å²) in [5, 5.41) is 3.78. The highest BCUT2D eigenvalue weighted by Crippen LogP contribution is 2.21. The molecule has 0 bridgehead atoms. The lowest BCUT2D eigenvalue weighted by Crippen LogP contribution is -2.30. The minimum Gasteiger partial charge on any atom is -0.469 e. The van der Waals surface area contributed by atoms with E-state index < -0.39 is 12.0 Å². The number of hydrogen-bond donors (Lipinski definition) is 2. The Morgan fingerprint density at radius 2 is 2.12 bits per heavy atom. The van der Waals surface area contributed by atoms with E-state index in [1.54, 1.807) is 18.2 Å². The summed E-state index contributed by atoms with van der Waals surface area (Å²) in [6.45, 7) is 1.98. The van der Waals surface area contributed by atoms with Crippen molar-refractivity contribution in [2.45, 2.75) is 19.4 Å². The standard InChI is InChI=1S/C18H18N2O4/c1-11-5-3-6-12-9-14(19-17(11)12)18(22)20-13(10-16(21)23-2)15-7-4-8-24-15/h3-9,13,19H,10H2,1-2H3,(H,20,22). The number of benzene rings is 1. The van der Waals surface area contributed by atoms with Gasteiger partial charge in [0.05, 0.1) is 25.8 Å². The number of aromatic nitrogens is 1. The van der Waals surface area contributed by atoms with Gasteiger partial charge >= 0.3 is 5.97 Å². The second kappa shape index (κ2) is 6.62. The first-order valence-corrected chi connectivity index (χ1v) is 7.58. The van der Waals surface area contributed by atoms with Gasteiger partial charge in [0.25, 0.3) is 5.91 Å². The van der Waals surface area contributed by atoms with Crippen molar-refractivity contribution in [2.75, 3.05) is 7.11 Å². The van der Waals surface area contributed by atoms with Crippen molar-refractivity contribution in [3.8, 4) is 0 Å². The fourth-order valence-corrected chi connectivity index (χ4v) is 2.63. The van der Waals surface area contributed by atoms with Crippen molar-refractivity contribution in [2.24, 2.45) is 0 Å². The van der Waals surface area contributed by atoms with Crippen LogP contribution in [-0.2, 0) is 9.53 Å². The van der Waals surface area contributed by atoms with Crippen LogP contribution in [0.4, 0.5) is 0 Å². The van der Waals surface area contributed by atoms with Crippen molar-refractivity contribution >= 4 is 22.8 Å². The van der Waals surface area contributed by atoms with Crippen molar-refractivity contribution in [1.29, 1.82) is 0 Å². The van der Waals surface area contributed by atoms with Crippen LogP contribution in [0.3, 0.4) is 0 Å². The summed E-state index contributed by atoms with van der Waals surface area (Å²) in [4.78, 5) is 27.3. The number of furan rings is 1. The Kier molecular flexibility index (Phi) is 4.37. The Labute approximate surface area is 138 Å². The molecule has 1 atom stereocenters. The molecule has 0 saturated carbocycles. The van der Waals surface area contributed by atoms with Crippen molar-refractivity contribution in [3.05, 3.63) is 59.7 Å². The van der Waals surface area contributed by atoms with E-state index in [0.717, 1.165) is 16.5 Å². The number of esters is 1. The summed E-state index contributed by atoms with van der Waals surface area (Å²) >= 11 is 0. The smallest absolute Gasteiger partial charge is 0.308 e. The molecule has 6 nitrogen and oxygen atoms in total. The molecule has 0 saturated heterocycles. The molecule has 0 aliphatic carbocycles. The van der Waals surface area contributed by atoms with Crippen LogP contribution in [0, 0.1) is 6.92 Å². The number of nitrogens with one attached hydrogen (secondary N) is 2. The lowest BCUT2D eigenvalue weighted by atomic mass is 10.1. The van der Waals surface area contributed by atoms with Gasteiger partial charge < -0.3 is 19.5 Å². The van der Waals surface area contributed by atoms with Crippen LogP contribution in [0.1, 0.15) is 34.3 Å². The molecule has 2 heterocycles. The molecule has 24 heavy (non-hydrogen) atoms. The number of para-hydroxylation sites is 1. The third-order valence-corrected chi connectivity index (χ3v) is 3.90. The maximum Gasteiger partial charge on any atom is 0.308 e. The van der Waals surface area contributed by atoms with Crippen molar-refractivity contribution in [1.82, 2.24) is 10.3 Å². The molecule has 3 rings (SSSR count). The number of amides is 1. The van der Waals surface area contributed by atoms with Gasteiger partial charge in [-0.25, -0.2) is 0 Å². The second-order valence-electron chi connectivity index (χ2n) is 5.54. The highest BCUT2D eigenvalue weighted by Gasteiger charge is 2.22. The molecule has 3 aromatic rings. The monoisotopic (exact) mass is 326 g/mol. The lowest BCUT2D eigenvalue weighted by molar-refractivity contribution is -0.141. The molecule has 1 amide bonds. The van der Waals surface area contributed by atoms with Crippen LogP contribution in [0.25, 0.3) is 10.9 Å². The number of rotatable bonds is 5. The predicted octanol–water partition coefficient (Wildman–Crippen LogP) is 3.10. The van der Waals surface area contributed by atoms with Gasteiger partial charge in [-0.3, -0.25) is 9.59 Å². The summed E-state index contributed by atoms with van der Waals surface area (Å²) in [7, 11) is 1.31. The topological polar surface area (TPSA) is 84.3 Å². The Morgan fingerprint density at radius 1 is 1.29 bits per heavy atom. The number of hydrogen-bond acceptors (Lipinski definition) is 4. The molecule has 0 radical (unpaired) electrons. The molecule has 2 N–H and O–H groups in total. The molecule has 1 unspecified atom stereocenters. The summed E-state index contributed by atoms with van der Waals surface area (Å²) in [6, 6.07) is 10.5. The highest BCUT2D eigenvalue weighted by atomic mass is 16.5. The van der Waals surface area contributed by atoms with Crippen LogP contribution >= 0.6 is 0 Å². The number of methoxy groups -OCH3 is 1. The predicted molar refractivity (Wildman–Crippen MR) is 88.6 cm³/mol. The van der Waals surface area contributed by atoms with Gasteiger partial charge in [0, 0.05) is 10.9 Å². The Morgan fingerprint density at radius 3 is 2.79 bits per heavy atom. The molecule has 124 valence electrons. The Bertz CT molecular complexity index is 864. The third-order valence-electron chi connectivity index (χ3n) is 3.90. The first-order chi connectivity index (χ1) is 11.6. The minimum absolute atomic E-state index is 0.00495. The highest BCUT2D eigenvalue weighted by molar-refractivity contribution is 5.99. The third kappa shape index (κ3) is 3.17. The van der Waals surface area contributed by atoms with Gasteiger partial charge in [-0.15, -0.1) is 0 Å². The lowest BCUT2D eigenvalue weighted by Gasteiger charge is -2.15. The Balaban J connectivity index is 1.84. The maximum atomic E-state index is 12.6. The number of aryl methyl sites for hydroxylation is 1. The van der Waals surface area contributed by atoms with Crippen LogP contribution in [0.2, 0.25) is 0 Å². The number of H-pyrrole nitrogens is 1. The minimum atomic E-state index is -0.590. The van der Waals surface area contributed by atoms with Crippen molar-refractivity contribution in [3.63, 3.8) is 0 Å². The summed E-state index contributed by atoms with van der Waals surface area (Å²) in [5.74, 6) is -0.235. The molecule has 0 aliphatic rings. The summed E-state index contributed by atoms with van der Waals surface area (Å²) < 4.78 is 10.0. The van der Waals surface area contributed by atoms with Gasteiger partial charge in [0.15, 0.2) is 0 Å². The zero-order valence-corrected chi connectivity index (χ0v) is 13.5. The molecule has 6 heteroatoms. The average Bonchev–Trinajstić information content (AvgIpc) is 3.24. The van der Waals surface area contributed by atoms with Crippen LogP contribution in [0.15, 0.2) is 47.1 Å². The zero-order chi connectivity index (χ0) is 17.1. The van der Waals surface area contributed by atoms with E-state index in [0.29, 0.717) is 11.5 Å². The number of carbonyl (C=O) groups excluding carboxylic acids is 2. The fraction of sp³-hybridized carbons (Fsp3) is 0.222. The van der Waals surface area contributed by atoms with E-state index in [-0.39, 0.29) is 12.3 Å². The second-order valence-corrected chi connectivity index (χ2v) is 5.54. The SMILES string of the molecule is COC(=O)CC(NC(=O)c1cc2cccc(C)c2[nH]1)c1ccco1. The van der Waals surface area contributed by atoms with E-state index in [1.807, 2.05) is 25.1 Å². The average molecular weight is 326 g/mol. The molecular formula is C18H18N2O4. The van der Waals surface area contributed by atoms with Crippen LogP contribution in [0.5, 0.6) is 0 Å². The zero-order valence-electron chi connectivity index (χ0n) is 13.5. The van der Waals surface area contributed by atoms with Crippen LogP contribution < -0.4 is 5.32 Å². The van der Waals surface area contributed by atoms with E-state index in [9.17, 15) is 9.59 Å². The van der Waals surface area contributed by atoms with E-state index in [4.69, 9.17) is 9.15 Å². The quantitative estimate of drug-likeness (QED) is 0.706. The molecule has 2 aromatic heterocycles. The summed E-state index contributed by atoms with van der Waals surface area (Å²) in [6.07, 6.45) is 1.49. The van der Waals surface area contributed by atoms with Gasteiger partial charge in [-0.2, -0.15) is 0 Å². The number of aromatic amines is 1. The largest absolute Gasteiger partial charge is 0.469 e. The number of carbonyl (C=O) groups is 2. The van der Waals surface area contributed by atoms with Gasteiger partial charge in [-0.1, -0.05) is 18.2 Å². The first-order valence-electron chi connectivity index (χ1n) is 7.58. The molecular weight excluding hydrogens is 308 g/mol. The maximum absolute atomic E-state index is 12.6. The molecule has 0 spiro atoms. The van der Waals surface area contributed by atoms with Crippen LogP contribution in [-0.4, -0.2) is 24.0 Å². The number of fused-ring (bicyclic) bond motifs is 1. The molecule has 1 aromatic carbocycles. The van der Waals surface area contributed by atoms with Gasteiger partial charge in [0.2, 0.25) is 0 Å². The van der Waals surface area contributed by atoms with Gasteiger partial charge in [-0.05, 0) is 30.7 Å². The van der Waals surface area contributed by atoms with E-state index in [1.165, 1.54) is 13.4 Å². The summed E-state index contributed by atoms with van der Waals surface area (Å²) in [5.41, 5.74) is 2.41. The molecule has 0 fully saturated rings. The fourth-order valence-electron chi connectivity index (χ4n) is 2.63. The Hall–Kier alpha value is -3.02. The normalized spacial score (nSPS) is 12.1. The van der Waals surface area contributed by atoms with E-state index in [2.05, 4.69) is 10.3 Å². The first kappa shape index (κ1) is 15.9. The van der Waals surface area contributed by atoms with Gasteiger partial charge in [0.1, 0.15) is 11.5 Å². The van der Waals surface area contributed by atoms with E-state index >= 15 is 0 Å². The van der Waals surface area contributed by atoms with Crippen molar-refractivity contribution < 1.29 is 18.7 Å². The number of ether oxygens (including phenoxy) is 1.